The maximum absolute atomic E-state index is 11.1. The van der Waals surface area contributed by atoms with Crippen molar-refractivity contribution >= 4 is 5.97 Å². The molecule has 5 heteroatoms. The minimum atomic E-state index is -1.01. The highest BCUT2D eigenvalue weighted by atomic mass is 16.5. The van der Waals surface area contributed by atoms with Gasteiger partial charge in [0.25, 0.3) is 0 Å². The summed E-state index contributed by atoms with van der Waals surface area (Å²) in [5.74, 6) is -0.326. The van der Waals surface area contributed by atoms with Gasteiger partial charge >= 0.3 is 5.97 Å². The first-order valence-corrected chi connectivity index (χ1v) is 5.77. The van der Waals surface area contributed by atoms with Crippen LogP contribution in [0.2, 0.25) is 0 Å². The SMILES string of the molecule is CNC(C)(CCOc1ccccc1CO)C(=O)O. The highest BCUT2D eigenvalue weighted by Crippen LogP contribution is 2.19. The third kappa shape index (κ3) is 3.45. The molecule has 18 heavy (non-hydrogen) atoms. The lowest BCUT2D eigenvalue weighted by Crippen LogP contribution is -2.48. The van der Waals surface area contributed by atoms with Crippen LogP contribution in [0.1, 0.15) is 18.9 Å². The molecule has 0 fully saturated rings. The summed E-state index contributed by atoms with van der Waals surface area (Å²) in [5.41, 5.74) is -0.312. The number of nitrogens with one attached hydrogen (secondary N) is 1. The van der Waals surface area contributed by atoms with Crippen LogP contribution >= 0.6 is 0 Å². The zero-order chi connectivity index (χ0) is 13.6. The molecule has 0 bridgehead atoms. The second-order valence-corrected chi connectivity index (χ2v) is 4.25. The fraction of sp³-hybridized carbons (Fsp3) is 0.462. The Kier molecular flexibility index (Phi) is 5.12. The lowest BCUT2D eigenvalue weighted by molar-refractivity contribution is -0.144. The minimum Gasteiger partial charge on any atom is -0.493 e. The van der Waals surface area contributed by atoms with E-state index in [-0.39, 0.29) is 13.2 Å². The molecular formula is C13H19NO4. The molecular weight excluding hydrogens is 234 g/mol. The summed E-state index contributed by atoms with van der Waals surface area (Å²) in [4.78, 5) is 11.1. The van der Waals surface area contributed by atoms with E-state index in [1.165, 1.54) is 0 Å². The number of likely N-dealkylation sites (N-methyl/N-ethyl adjacent to an activating group) is 1. The van der Waals surface area contributed by atoms with Gasteiger partial charge in [0, 0.05) is 12.0 Å². The number of rotatable bonds is 7. The van der Waals surface area contributed by atoms with E-state index < -0.39 is 11.5 Å². The van der Waals surface area contributed by atoms with Crippen LogP contribution in [0.25, 0.3) is 0 Å². The van der Waals surface area contributed by atoms with E-state index in [0.717, 1.165) is 0 Å². The van der Waals surface area contributed by atoms with Crippen LogP contribution in [-0.2, 0) is 11.4 Å². The molecule has 1 atom stereocenters. The van der Waals surface area contributed by atoms with Crippen molar-refractivity contribution in [2.45, 2.75) is 25.5 Å². The number of hydrogen-bond donors (Lipinski definition) is 3. The molecule has 1 aromatic rings. The van der Waals surface area contributed by atoms with Gasteiger partial charge in [-0.15, -0.1) is 0 Å². The van der Waals surface area contributed by atoms with Crippen molar-refractivity contribution in [2.75, 3.05) is 13.7 Å². The molecule has 5 nitrogen and oxygen atoms in total. The molecule has 0 radical (unpaired) electrons. The van der Waals surface area contributed by atoms with E-state index in [0.29, 0.717) is 17.7 Å². The van der Waals surface area contributed by atoms with Gasteiger partial charge in [0.15, 0.2) is 0 Å². The van der Waals surface area contributed by atoms with Crippen LogP contribution in [0.5, 0.6) is 5.75 Å². The number of aliphatic hydroxyl groups excluding tert-OH is 1. The van der Waals surface area contributed by atoms with E-state index in [1.807, 2.05) is 12.1 Å². The predicted octanol–water partition coefficient (Wildman–Crippen LogP) is 1.01. The smallest absolute Gasteiger partial charge is 0.323 e. The average molecular weight is 253 g/mol. The van der Waals surface area contributed by atoms with Gasteiger partial charge in [-0.2, -0.15) is 0 Å². The molecule has 100 valence electrons. The van der Waals surface area contributed by atoms with Gasteiger partial charge in [-0.3, -0.25) is 4.79 Å². The Morgan fingerprint density at radius 2 is 2.11 bits per heavy atom. The second kappa shape index (κ2) is 6.37. The minimum absolute atomic E-state index is 0.0988. The molecule has 1 rings (SSSR count). The third-order valence-corrected chi connectivity index (χ3v) is 3.03. The number of carbonyl (C=O) groups is 1. The summed E-state index contributed by atoms with van der Waals surface area (Å²) in [5, 5.41) is 21.0. The normalized spacial score (nSPS) is 13.9. The largest absolute Gasteiger partial charge is 0.493 e. The Hall–Kier alpha value is -1.59. The van der Waals surface area contributed by atoms with E-state index in [1.54, 1.807) is 26.1 Å². The van der Waals surface area contributed by atoms with E-state index in [4.69, 9.17) is 14.9 Å². The van der Waals surface area contributed by atoms with Crippen molar-refractivity contribution in [3.05, 3.63) is 29.8 Å². The highest BCUT2D eigenvalue weighted by molar-refractivity contribution is 5.78. The Labute approximate surface area is 106 Å². The molecule has 0 aliphatic carbocycles. The maximum Gasteiger partial charge on any atom is 0.323 e. The molecule has 0 amide bonds. The first kappa shape index (κ1) is 14.5. The number of aliphatic hydroxyl groups is 1. The summed E-state index contributed by atoms with van der Waals surface area (Å²) < 4.78 is 5.51. The first-order valence-electron chi connectivity index (χ1n) is 5.77. The zero-order valence-corrected chi connectivity index (χ0v) is 10.6. The van der Waals surface area contributed by atoms with Gasteiger partial charge in [-0.05, 0) is 20.0 Å². The Morgan fingerprint density at radius 3 is 2.67 bits per heavy atom. The predicted molar refractivity (Wildman–Crippen MR) is 67.6 cm³/mol. The first-order chi connectivity index (χ1) is 8.53. The lowest BCUT2D eigenvalue weighted by Gasteiger charge is -2.24. The van der Waals surface area contributed by atoms with Crippen molar-refractivity contribution in [3.8, 4) is 5.75 Å². The van der Waals surface area contributed by atoms with Crippen LogP contribution in [0, 0.1) is 0 Å². The van der Waals surface area contributed by atoms with Crippen LogP contribution in [0.3, 0.4) is 0 Å². The summed E-state index contributed by atoms with van der Waals surface area (Å²) in [7, 11) is 1.61. The molecule has 0 aliphatic heterocycles. The van der Waals surface area contributed by atoms with Gasteiger partial charge in [0.2, 0.25) is 0 Å². The molecule has 1 unspecified atom stereocenters. The fourth-order valence-corrected chi connectivity index (χ4v) is 1.48. The highest BCUT2D eigenvalue weighted by Gasteiger charge is 2.30. The van der Waals surface area contributed by atoms with E-state index in [2.05, 4.69) is 5.32 Å². The van der Waals surface area contributed by atoms with Gasteiger partial charge in [-0.25, -0.2) is 0 Å². The van der Waals surface area contributed by atoms with E-state index >= 15 is 0 Å². The van der Waals surface area contributed by atoms with Crippen LogP contribution in [0.15, 0.2) is 24.3 Å². The molecule has 0 aromatic heterocycles. The standard InChI is InChI=1S/C13H19NO4/c1-13(14-2,12(16)17)7-8-18-11-6-4-3-5-10(11)9-15/h3-6,14-15H,7-9H2,1-2H3,(H,16,17). The number of carboxylic acid groups (broad SMARTS) is 1. The Bertz CT molecular complexity index is 408. The summed E-state index contributed by atoms with van der Waals surface area (Å²) in [6, 6.07) is 7.14. The van der Waals surface area contributed by atoms with Crippen molar-refractivity contribution in [2.24, 2.45) is 0 Å². The van der Waals surface area contributed by atoms with Crippen molar-refractivity contribution in [1.29, 1.82) is 0 Å². The van der Waals surface area contributed by atoms with Crippen molar-refractivity contribution in [1.82, 2.24) is 5.32 Å². The number of para-hydroxylation sites is 1. The molecule has 0 aliphatic rings. The molecule has 0 spiro atoms. The van der Waals surface area contributed by atoms with Gasteiger partial charge in [0.1, 0.15) is 11.3 Å². The topological polar surface area (TPSA) is 78.8 Å². The maximum atomic E-state index is 11.1. The monoisotopic (exact) mass is 253 g/mol. The number of hydrogen-bond acceptors (Lipinski definition) is 4. The fourth-order valence-electron chi connectivity index (χ4n) is 1.48. The Balaban J connectivity index is 2.58. The van der Waals surface area contributed by atoms with Crippen LogP contribution in [0.4, 0.5) is 0 Å². The van der Waals surface area contributed by atoms with Crippen molar-refractivity contribution < 1.29 is 19.7 Å². The molecule has 0 saturated heterocycles. The number of aliphatic carboxylic acids is 1. The number of benzene rings is 1. The zero-order valence-electron chi connectivity index (χ0n) is 10.6. The van der Waals surface area contributed by atoms with Gasteiger partial charge < -0.3 is 20.3 Å². The average Bonchev–Trinajstić information content (AvgIpc) is 2.38. The van der Waals surface area contributed by atoms with Gasteiger partial charge in [-0.1, -0.05) is 18.2 Å². The summed E-state index contributed by atoms with van der Waals surface area (Å²) in [6.07, 6.45) is 0.332. The van der Waals surface area contributed by atoms with Crippen LogP contribution in [-0.4, -0.2) is 35.4 Å². The molecule has 3 N–H and O–H groups in total. The second-order valence-electron chi connectivity index (χ2n) is 4.25. The summed E-state index contributed by atoms with van der Waals surface area (Å²) in [6.45, 7) is 1.77. The summed E-state index contributed by atoms with van der Waals surface area (Å²) >= 11 is 0. The molecule has 0 heterocycles. The molecule has 1 aromatic carbocycles. The quantitative estimate of drug-likeness (QED) is 0.676. The van der Waals surface area contributed by atoms with Crippen molar-refractivity contribution in [3.63, 3.8) is 0 Å². The van der Waals surface area contributed by atoms with E-state index in [9.17, 15) is 4.79 Å². The van der Waals surface area contributed by atoms with Crippen LogP contribution < -0.4 is 10.1 Å². The molecule has 0 saturated carbocycles. The van der Waals surface area contributed by atoms with Gasteiger partial charge in [0.05, 0.1) is 13.2 Å². The number of ether oxygens (including phenoxy) is 1. The number of carboxylic acids is 1. The lowest BCUT2D eigenvalue weighted by atomic mass is 9.99. The Morgan fingerprint density at radius 1 is 1.44 bits per heavy atom. The third-order valence-electron chi connectivity index (χ3n) is 3.03.